The van der Waals surface area contributed by atoms with Crippen LogP contribution >= 0.6 is 0 Å². The molecule has 152 valence electrons. The number of aryl methyl sites for hydroxylation is 1. The molecule has 0 bridgehead atoms. The minimum absolute atomic E-state index is 0.0752. The molecule has 0 aliphatic carbocycles. The Balaban J connectivity index is 1.74. The summed E-state index contributed by atoms with van der Waals surface area (Å²) < 4.78 is 36.6. The molecule has 0 atom stereocenters. The number of halogens is 2. The molecule has 1 aromatic heterocycles. The molecule has 0 fully saturated rings. The Morgan fingerprint density at radius 3 is 2.59 bits per heavy atom. The summed E-state index contributed by atoms with van der Waals surface area (Å²) in [6.07, 6.45) is 0. The van der Waals surface area contributed by atoms with E-state index < -0.39 is 12.5 Å². The first-order chi connectivity index (χ1) is 14.0. The van der Waals surface area contributed by atoms with E-state index >= 15 is 0 Å². The Morgan fingerprint density at radius 2 is 1.90 bits per heavy atom. The number of hydrogen-bond acceptors (Lipinski definition) is 4. The molecule has 1 amide bonds. The van der Waals surface area contributed by atoms with Gasteiger partial charge in [-0.25, -0.2) is 0 Å². The third kappa shape index (κ3) is 5.31. The number of carbonyl (C=O) groups excluding carboxylic acids is 1. The van der Waals surface area contributed by atoms with Crippen LogP contribution in [0.15, 0.2) is 54.6 Å². The Hall–Kier alpha value is -3.42. The summed E-state index contributed by atoms with van der Waals surface area (Å²) >= 11 is 0. The van der Waals surface area contributed by atoms with Crippen molar-refractivity contribution in [3.63, 3.8) is 0 Å². The van der Waals surface area contributed by atoms with Crippen molar-refractivity contribution in [3.05, 3.63) is 71.4 Å². The molecular weight excluding hydrogens is 380 g/mol. The Labute approximate surface area is 167 Å². The summed E-state index contributed by atoms with van der Waals surface area (Å²) in [4.78, 5) is 12.6. The second kappa shape index (κ2) is 9.18. The van der Waals surface area contributed by atoms with Crippen LogP contribution in [0.2, 0.25) is 0 Å². The van der Waals surface area contributed by atoms with E-state index in [2.05, 4.69) is 15.2 Å². The Bertz CT molecular complexity index is 975. The highest BCUT2D eigenvalue weighted by molar-refractivity contribution is 6.04. The van der Waals surface area contributed by atoms with Crippen molar-refractivity contribution >= 4 is 11.7 Å². The fourth-order valence-electron chi connectivity index (χ4n) is 2.79. The zero-order valence-electron chi connectivity index (χ0n) is 16.1. The molecule has 1 N–H and O–H groups in total. The van der Waals surface area contributed by atoms with Gasteiger partial charge in [-0.05, 0) is 37.6 Å². The van der Waals surface area contributed by atoms with Gasteiger partial charge in [0.25, 0.3) is 5.91 Å². The number of carbonyl (C=O) groups is 1. The summed E-state index contributed by atoms with van der Waals surface area (Å²) in [6.45, 7) is 1.45. The third-order valence-electron chi connectivity index (χ3n) is 4.12. The lowest BCUT2D eigenvalue weighted by Gasteiger charge is -2.12. The van der Waals surface area contributed by atoms with Gasteiger partial charge in [0, 0.05) is 17.3 Å². The van der Waals surface area contributed by atoms with Gasteiger partial charge in [-0.3, -0.25) is 9.48 Å². The van der Waals surface area contributed by atoms with Crippen LogP contribution < -0.4 is 14.8 Å². The standard InChI is InChI=1S/C21H21F2N3O3/c1-3-28-18-12-16(9-10-17(18)29-21(22)23)20(27)24-19-11-14(2)26(25-19)13-15-7-5-4-6-8-15/h4-12,21H,3,13H2,1-2H3,(H,24,25,27). The van der Waals surface area contributed by atoms with Crippen molar-refractivity contribution < 1.29 is 23.0 Å². The van der Waals surface area contributed by atoms with E-state index in [0.29, 0.717) is 12.4 Å². The van der Waals surface area contributed by atoms with Crippen molar-refractivity contribution in [3.8, 4) is 11.5 Å². The molecule has 0 unspecified atom stereocenters. The molecule has 0 aliphatic heterocycles. The van der Waals surface area contributed by atoms with Gasteiger partial charge in [-0.15, -0.1) is 0 Å². The summed E-state index contributed by atoms with van der Waals surface area (Å²) in [5.41, 5.74) is 2.22. The Kier molecular flexibility index (Phi) is 6.43. The average Bonchev–Trinajstić information content (AvgIpc) is 3.02. The van der Waals surface area contributed by atoms with E-state index in [1.165, 1.54) is 18.2 Å². The van der Waals surface area contributed by atoms with Gasteiger partial charge < -0.3 is 14.8 Å². The van der Waals surface area contributed by atoms with Crippen LogP contribution in [0.3, 0.4) is 0 Å². The van der Waals surface area contributed by atoms with Gasteiger partial charge in [0.15, 0.2) is 17.3 Å². The number of anilines is 1. The number of amides is 1. The van der Waals surface area contributed by atoms with Gasteiger partial charge >= 0.3 is 6.61 Å². The van der Waals surface area contributed by atoms with Crippen molar-refractivity contribution in [2.75, 3.05) is 11.9 Å². The number of aromatic nitrogens is 2. The first kappa shape index (κ1) is 20.3. The fourth-order valence-corrected chi connectivity index (χ4v) is 2.79. The molecule has 0 saturated heterocycles. The second-order valence-corrected chi connectivity index (χ2v) is 6.24. The molecule has 29 heavy (non-hydrogen) atoms. The molecule has 8 heteroatoms. The average molecular weight is 401 g/mol. The molecule has 0 radical (unpaired) electrons. The Morgan fingerprint density at radius 1 is 1.14 bits per heavy atom. The van der Waals surface area contributed by atoms with Gasteiger partial charge in [0.2, 0.25) is 0 Å². The summed E-state index contributed by atoms with van der Waals surface area (Å²) in [5, 5.41) is 7.14. The van der Waals surface area contributed by atoms with E-state index in [-0.39, 0.29) is 23.7 Å². The maximum Gasteiger partial charge on any atom is 0.387 e. The van der Waals surface area contributed by atoms with Crippen LogP contribution in [0.5, 0.6) is 11.5 Å². The van der Waals surface area contributed by atoms with Crippen LogP contribution in [-0.4, -0.2) is 28.9 Å². The minimum atomic E-state index is -2.98. The summed E-state index contributed by atoms with van der Waals surface area (Å²) in [7, 11) is 0. The second-order valence-electron chi connectivity index (χ2n) is 6.24. The molecule has 0 aliphatic rings. The van der Waals surface area contributed by atoms with Crippen molar-refractivity contribution in [2.24, 2.45) is 0 Å². The van der Waals surface area contributed by atoms with E-state index in [1.807, 2.05) is 37.3 Å². The van der Waals surface area contributed by atoms with Crippen molar-refractivity contribution in [1.82, 2.24) is 9.78 Å². The van der Waals surface area contributed by atoms with E-state index in [9.17, 15) is 13.6 Å². The zero-order valence-corrected chi connectivity index (χ0v) is 16.1. The number of benzene rings is 2. The van der Waals surface area contributed by atoms with E-state index in [0.717, 1.165) is 11.3 Å². The molecular formula is C21H21F2N3O3. The first-order valence-corrected chi connectivity index (χ1v) is 9.07. The number of ether oxygens (including phenoxy) is 2. The predicted octanol–water partition coefficient (Wildman–Crippen LogP) is 4.49. The topological polar surface area (TPSA) is 65.4 Å². The molecule has 1 heterocycles. The molecule has 3 rings (SSSR count). The molecule has 0 saturated carbocycles. The fraction of sp³-hybridized carbons (Fsp3) is 0.238. The number of alkyl halides is 2. The first-order valence-electron chi connectivity index (χ1n) is 9.07. The SMILES string of the molecule is CCOc1cc(C(=O)Nc2cc(C)n(Cc3ccccc3)n2)ccc1OC(F)F. The monoisotopic (exact) mass is 401 g/mol. The maximum absolute atomic E-state index is 12.6. The highest BCUT2D eigenvalue weighted by atomic mass is 19.3. The normalized spacial score (nSPS) is 10.8. The minimum Gasteiger partial charge on any atom is -0.490 e. The lowest BCUT2D eigenvalue weighted by atomic mass is 10.2. The molecule has 3 aromatic rings. The molecule has 0 spiro atoms. The van der Waals surface area contributed by atoms with Crippen LogP contribution in [0.25, 0.3) is 0 Å². The maximum atomic E-state index is 12.6. The number of nitrogens with zero attached hydrogens (tertiary/aromatic N) is 2. The third-order valence-corrected chi connectivity index (χ3v) is 4.12. The van der Waals surface area contributed by atoms with Crippen molar-refractivity contribution in [1.29, 1.82) is 0 Å². The van der Waals surface area contributed by atoms with Gasteiger partial charge in [0.05, 0.1) is 13.2 Å². The van der Waals surface area contributed by atoms with Crippen LogP contribution in [0.4, 0.5) is 14.6 Å². The largest absolute Gasteiger partial charge is 0.490 e. The van der Waals surface area contributed by atoms with E-state index in [4.69, 9.17) is 4.74 Å². The highest BCUT2D eigenvalue weighted by Crippen LogP contribution is 2.30. The summed E-state index contributed by atoms with van der Waals surface area (Å²) in [5.74, 6) is -0.0826. The van der Waals surface area contributed by atoms with Gasteiger partial charge in [-0.2, -0.15) is 13.9 Å². The smallest absolute Gasteiger partial charge is 0.387 e. The number of nitrogens with one attached hydrogen (secondary N) is 1. The lowest BCUT2D eigenvalue weighted by molar-refractivity contribution is -0.0514. The number of rotatable bonds is 8. The lowest BCUT2D eigenvalue weighted by Crippen LogP contribution is -2.14. The van der Waals surface area contributed by atoms with Crippen molar-refractivity contribution in [2.45, 2.75) is 27.0 Å². The molecule has 2 aromatic carbocycles. The molecule has 6 nitrogen and oxygen atoms in total. The number of hydrogen-bond donors (Lipinski definition) is 1. The van der Waals surface area contributed by atoms with E-state index in [1.54, 1.807) is 17.7 Å². The summed E-state index contributed by atoms with van der Waals surface area (Å²) in [6, 6.07) is 15.6. The van der Waals surface area contributed by atoms with Gasteiger partial charge in [-0.1, -0.05) is 30.3 Å². The zero-order chi connectivity index (χ0) is 20.8. The van der Waals surface area contributed by atoms with Crippen LogP contribution in [0, 0.1) is 6.92 Å². The highest BCUT2D eigenvalue weighted by Gasteiger charge is 2.16. The van der Waals surface area contributed by atoms with Gasteiger partial charge in [0.1, 0.15) is 0 Å². The van der Waals surface area contributed by atoms with Crippen LogP contribution in [0.1, 0.15) is 28.5 Å². The predicted molar refractivity (Wildman–Crippen MR) is 105 cm³/mol. The quantitative estimate of drug-likeness (QED) is 0.604. The van der Waals surface area contributed by atoms with Crippen LogP contribution in [-0.2, 0) is 6.54 Å².